The molecule has 0 saturated carbocycles. The Balaban J connectivity index is 1.53. The van der Waals surface area contributed by atoms with Crippen molar-refractivity contribution in [3.05, 3.63) is 94.8 Å². The molecule has 0 spiro atoms. The summed E-state index contributed by atoms with van der Waals surface area (Å²) in [7, 11) is 1.27. The van der Waals surface area contributed by atoms with Gasteiger partial charge < -0.3 is 4.74 Å². The number of hydrogen-bond donors (Lipinski definition) is 0. The van der Waals surface area contributed by atoms with Gasteiger partial charge in [-0.25, -0.2) is 19.1 Å². The highest BCUT2D eigenvalue weighted by Gasteiger charge is 2.60. The second-order valence-electron chi connectivity index (χ2n) is 7.90. The van der Waals surface area contributed by atoms with E-state index < -0.39 is 41.7 Å². The van der Waals surface area contributed by atoms with Crippen LogP contribution in [0.5, 0.6) is 0 Å². The SMILES string of the molecule is COC(=O)c1ccc(N2C(=O)[C@@H]3[C@@H](c4ccc(F)cc4)N(c4ccc(Cl)cc4)O[C@H]3C2=O)cc1. The molecule has 0 unspecified atom stereocenters. The van der Waals surface area contributed by atoms with Crippen LogP contribution in [0.1, 0.15) is 22.0 Å². The Hall–Kier alpha value is -3.75. The van der Waals surface area contributed by atoms with Gasteiger partial charge in [-0.1, -0.05) is 23.7 Å². The van der Waals surface area contributed by atoms with Crippen molar-refractivity contribution in [1.29, 1.82) is 0 Å². The Labute approximate surface area is 199 Å². The molecule has 2 saturated heterocycles. The molecule has 2 aliphatic heterocycles. The summed E-state index contributed by atoms with van der Waals surface area (Å²) in [6, 6.07) is 17.8. The topological polar surface area (TPSA) is 76.2 Å². The van der Waals surface area contributed by atoms with Crippen molar-refractivity contribution >= 4 is 40.8 Å². The summed E-state index contributed by atoms with van der Waals surface area (Å²) >= 11 is 6.01. The molecule has 2 amide bonds. The van der Waals surface area contributed by atoms with Crippen LogP contribution in [-0.4, -0.2) is 31.0 Å². The van der Waals surface area contributed by atoms with Gasteiger partial charge >= 0.3 is 5.97 Å². The van der Waals surface area contributed by atoms with E-state index in [9.17, 15) is 18.8 Å². The minimum Gasteiger partial charge on any atom is -0.465 e. The first-order valence-electron chi connectivity index (χ1n) is 10.4. The smallest absolute Gasteiger partial charge is 0.337 e. The lowest BCUT2D eigenvalue weighted by Gasteiger charge is -2.28. The molecule has 3 atom stereocenters. The number of carbonyl (C=O) groups is 3. The van der Waals surface area contributed by atoms with Crippen molar-refractivity contribution in [2.24, 2.45) is 5.92 Å². The first-order valence-corrected chi connectivity index (χ1v) is 10.8. The van der Waals surface area contributed by atoms with E-state index in [1.807, 2.05) is 0 Å². The molecule has 3 aromatic rings. The summed E-state index contributed by atoms with van der Waals surface area (Å²) in [5.74, 6) is -2.79. The predicted octanol–water partition coefficient (Wildman–Crippen LogP) is 4.32. The molecule has 2 aliphatic rings. The zero-order valence-corrected chi connectivity index (χ0v) is 18.6. The molecule has 0 aliphatic carbocycles. The number of nitrogens with zero attached hydrogens (tertiary/aromatic N) is 2. The molecular formula is C25H18ClFN2O5. The number of hydroxylamine groups is 1. The second kappa shape index (κ2) is 8.55. The number of hydrogen-bond acceptors (Lipinski definition) is 6. The number of carbonyl (C=O) groups excluding carboxylic acids is 3. The third-order valence-corrected chi connectivity index (χ3v) is 6.21. The van der Waals surface area contributed by atoms with E-state index in [0.29, 0.717) is 27.5 Å². The average molecular weight is 481 g/mol. The van der Waals surface area contributed by atoms with Crippen LogP contribution < -0.4 is 9.96 Å². The fourth-order valence-corrected chi connectivity index (χ4v) is 4.47. The molecule has 7 nitrogen and oxygen atoms in total. The fourth-order valence-electron chi connectivity index (χ4n) is 4.34. The van der Waals surface area contributed by atoms with Crippen molar-refractivity contribution in [2.45, 2.75) is 12.1 Å². The summed E-state index contributed by atoms with van der Waals surface area (Å²) in [6.07, 6.45) is -1.07. The lowest BCUT2D eigenvalue weighted by Crippen LogP contribution is -2.37. The maximum Gasteiger partial charge on any atom is 0.337 e. The van der Waals surface area contributed by atoms with Crippen molar-refractivity contribution in [3.63, 3.8) is 0 Å². The highest BCUT2D eigenvalue weighted by Crippen LogP contribution is 2.47. The van der Waals surface area contributed by atoms with E-state index in [4.69, 9.17) is 21.2 Å². The fraction of sp³-hybridized carbons (Fsp3) is 0.160. The maximum atomic E-state index is 13.6. The lowest BCUT2D eigenvalue weighted by atomic mass is 9.90. The Bertz CT molecular complexity index is 1260. The number of esters is 1. The van der Waals surface area contributed by atoms with E-state index in [1.165, 1.54) is 48.6 Å². The highest BCUT2D eigenvalue weighted by molar-refractivity contribution is 6.30. The quantitative estimate of drug-likeness (QED) is 0.409. The summed E-state index contributed by atoms with van der Waals surface area (Å²) in [4.78, 5) is 45.7. The second-order valence-corrected chi connectivity index (χ2v) is 8.34. The number of methoxy groups -OCH3 is 1. The first kappa shape index (κ1) is 22.1. The third kappa shape index (κ3) is 3.61. The largest absolute Gasteiger partial charge is 0.465 e. The van der Waals surface area contributed by atoms with Gasteiger partial charge in [-0.3, -0.25) is 14.4 Å². The van der Waals surface area contributed by atoms with Crippen molar-refractivity contribution in [3.8, 4) is 0 Å². The van der Waals surface area contributed by atoms with E-state index in [0.717, 1.165) is 4.90 Å². The maximum absolute atomic E-state index is 13.6. The number of ether oxygens (including phenoxy) is 1. The number of halogens is 2. The number of benzene rings is 3. The van der Waals surface area contributed by atoms with E-state index in [1.54, 1.807) is 36.4 Å². The van der Waals surface area contributed by atoms with E-state index in [2.05, 4.69) is 0 Å². The number of amides is 2. The van der Waals surface area contributed by atoms with E-state index >= 15 is 0 Å². The Morgan fingerprint density at radius 2 is 1.53 bits per heavy atom. The highest BCUT2D eigenvalue weighted by atomic mass is 35.5. The van der Waals surface area contributed by atoms with Crippen LogP contribution in [0.4, 0.5) is 15.8 Å². The minimum atomic E-state index is -1.07. The molecule has 172 valence electrons. The molecule has 0 N–H and O–H groups in total. The molecule has 5 rings (SSSR count). The van der Waals surface area contributed by atoms with Gasteiger partial charge in [0.2, 0.25) is 5.91 Å². The molecule has 0 aromatic heterocycles. The van der Waals surface area contributed by atoms with Gasteiger partial charge in [0.05, 0.1) is 30.1 Å². The van der Waals surface area contributed by atoms with Gasteiger partial charge in [-0.15, -0.1) is 0 Å². The Morgan fingerprint density at radius 1 is 0.912 bits per heavy atom. The van der Waals surface area contributed by atoms with Crippen LogP contribution in [0.25, 0.3) is 0 Å². The van der Waals surface area contributed by atoms with Gasteiger partial charge in [0.1, 0.15) is 11.7 Å². The van der Waals surface area contributed by atoms with Crippen LogP contribution in [0.15, 0.2) is 72.8 Å². The van der Waals surface area contributed by atoms with E-state index in [-0.39, 0.29) is 0 Å². The summed E-state index contributed by atoms with van der Waals surface area (Å²) in [5, 5.41) is 2.03. The number of anilines is 2. The van der Waals surface area contributed by atoms with Gasteiger partial charge in [-0.2, -0.15) is 0 Å². The number of rotatable bonds is 4. The standard InChI is InChI=1S/C25H18ClFN2O5/c1-33-25(32)15-4-10-18(11-5-15)28-23(30)20-21(14-2-8-17(27)9-3-14)29(34-22(20)24(28)31)19-12-6-16(26)7-13-19/h2-13,20-22H,1H3/t20-,21-,22-/m1/s1. The van der Waals surface area contributed by atoms with Gasteiger partial charge in [0.25, 0.3) is 5.91 Å². The zero-order valence-electron chi connectivity index (χ0n) is 17.9. The zero-order chi connectivity index (χ0) is 24.0. The predicted molar refractivity (Wildman–Crippen MR) is 122 cm³/mol. The summed E-state index contributed by atoms with van der Waals surface area (Å²) in [6.45, 7) is 0. The van der Waals surface area contributed by atoms with Crippen molar-refractivity contribution in [1.82, 2.24) is 0 Å². The van der Waals surface area contributed by atoms with Gasteiger partial charge in [0, 0.05) is 5.02 Å². The molecule has 3 aromatic carbocycles. The Kier molecular flexibility index (Phi) is 5.55. The van der Waals surface area contributed by atoms with Crippen molar-refractivity contribution < 1.29 is 28.3 Å². The molecule has 2 fully saturated rings. The van der Waals surface area contributed by atoms with Crippen LogP contribution in [0.2, 0.25) is 5.02 Å². The van der Waals surface area contributed by atoms with Gasteiger partial charge in [-0.05, 0) is 66.2 Å². The average Bonchev–Trinajstić information content (AvgIpc) is 3.35. The van der Waals surface area contributed by atoms with Crippen LogP contribution in [0.3, 0.4) is 0 Å². The molecule has 34 heavy (non-hydrogen) atoms. The Morgan fingerprint density at radius 3 is 2.15 bits per heavy atom. The summed E-state index contributed by atoms with van der Waals surface area (Å²) < 4.78 is 18.3. The normalized spacial score (nSPS) is 21.7. The van der Waals surface area contributed by atoms with Crippen LogP contribution >= 0.6 is 11.6 Å². The number of imide groups is 1. The van der Waals surface area contributed by atoms with Crippen molar-refractivity contribution in [2.75, 3.05) is 17.1 Å². The third-order valence-electron chi connectivity index (χ3n) is 5.95. The molecule has 2 heterocycles. The molecule has 0 radical (unpaired) electrons. The van der Waals surface area contributed by atoms with Crippen LogP contribution in [0, 0.1) is 11.7 Å². The minimum absolute atomic E-state index is 0.292. The molecular weight excluding hydrogens is 463 g/mol. The van der Waals surface area contributed by atoms with Gasteiger partial charge in [0.15, 0.2) is 6.10 Å². The number of fused-ring (bicyclic) bond motifs is 1. The first-order chi connectivity index (χ1) is 16.4. The molecule has 9 heteroatoms. The monoisotopic (exact) mass is 480 g/mol. The summed E-state index contributed by atoms with van der Waals surface area (Å²) in [5.41, 5.74) is 1.83. The molecule has 0 bridgehead atoms. The van der Waals surface area contributed by atoms with Crippen LogP contribution in [-0.2, 0) is 19.2 Å². The lowest BCUT2D eigenvalue weighted by molar-refractivity contribution is -0.126.